The van der Waals surface area contributed by atoms with Crippen molar-refractivity contribution >= 4 is 23.2 Å². The first kappa shape index (κ1) is 13.3. The van der Waals surface area contributed by atoms with Gasteiger partial charge in [0.2, 0.25) is 0 Å². The van der Waals surface area contributed by atoms with Crippen LogP contribution in [0.4, 0.5) is 0 Å². The zero-order valence-corrected chi connectivity index (χ0v) is 12.1. The number of hydrogen-bond donors (Lipinski definition) is 0. The quantitative estimate of drug-likeness (QED) is 0.802. The summed E-state index contributed by atoms with van der Waals surface area (Å²) in [7, 11) is 0. The highest BCUT2D eigenvalue weighted by Crippen LogP contribution is 2.20. The lowest BCUT2D eigenvalue weighted by atomic mass is 10.0. The standard InChI is InChI=1S/C17H17NOS/c19-17-8-9-18(12-14-5-2-1-3-6-14)13-15(17)11-16-7-4-10-20-16/h1-7,10-11H,8-9,12-13H2/b15-11+. The highest BCUT2D eigenvalue weighted by atomic mass is 32.1. The van der Waals surface area contributed by atoms with E-state index in [0.717, 1.165) is 30.1 Å². The molecule has 2 nitrogen and oxygen atoms in total. The number of carbonyl (C=O) groups excluding carboxylic acids is 1. The number of piperidine rings is 1. The molecule has 20 heavy (non-hydrogen) atoms. The van der Waals surface area contributed by atoms with Gasteiger partial charge in [-0.3, -0.25) is 9.69 Å². The van der Waals surface area contributed by atoms with Gasteiger partial charge in [-0.05, 0) is 23.1 Å². The van der Waals surface area contributed by atoms with Gasteiger partial charge in [-0.2, -0.15) is 0 Å². The van der Waals surface area contributed by atoms with Gasteiger partial charge in [0.15, 0.2) is 5.78 Å². The molecule has 0 unspecified atom stereocenters. The Kier molecular flexibility index (Phi) is 4.09. The van der Waals surface area contributed by atoms with E-state index in [1.165, 1.54) is 5.56 Å². The summed E-state index contributed by atoms with van der Waals surface area (Å²) in [6.45, 7) is 2.52. The van der Waals surface area contributed by atoms with Gasteiger partial charge in [0.05, 0.1) is 0 Å². The molecule has 3 rings (SSSR count). The fraction of sp³-hybridized carbons (Fsp3) is 0.235. The molecule has 3 heteroatoms. The third kappa shape index (κ3) is 3.24. The number of Topliss-reactive ketones (excluding diaryl/α,β-unsaturated/α-hetero) is 1. The maximum atomic E-state index is 12.0. The summed E-state index contributed by atoms with van der Waals surface area (Å²) in [5, 5.41) is 2.04. The summed E-state index contributed by atoms with van der Waals surface area (Å²) in [5.74, 6) is 0.294. The van der Waals surface area contributed by atoms with Crippen molar-refractivity contribution in [3.8, 4) is 0 Å². The summed E-state index contributed by atoms with van der Waals surface area (Å²) in [6.07, 6.45) is 2.67. The van der Waals surface area contributed by atoms with E-state index >= 15 is 0 Å². The van der Waals surface area contributed by atoms with Crippen LogP contribution in [-0.2, 0) is 11.3 Å². The number of ketones is 1. The van der Waals surface area contributed by atoms with Gasteiger partial charge in [-0.15, -0.1) is 11.3 Å². The summed E-state index contributed by atoms with van der Waals surface area (Å²) in [5.41, 5.74) is 2.24. The molecule has 0 radical (unpaired) electrons. The number of nitrogens with zero attached hydrogens (tertiary/aromatic N) is 1. The molecule has 1 aromatic carbocycles. The molecule has 0 amide bonds. The van der Waals surface area contributed by atoms with Gasteiger partial charge < -0.3 is 0 Å². The Labute approximate surface area is 123 Å². The van der Waals surface area contributed by atoms with Crippen LogP contribution in [0.3, 0.4) is 0 Å². The number of hydrogen-bond acceptors (Lipinski definition) is 3. The normalized spacial score (nSPS) is 18.6. The SMILES string of the molecule is O=C1CCN(Cc2ccccc2)C/C1=C\c1cccs1. The van der Waals surface area contributed by atoms with Crippen LogP contribution in [0.2, 0.25) is 0 Å². The first-order valence-electron chi connectivity index (χ1n) is 6.85. The molecule has 1 saturated heterocycles. The largest absolute Gasteiger partial charge is 0.294 e. The van der Waals surface area contributed by atoms with Crippen molar-refractivity contribution in [1.82, 2.24) is 4.90 Å². The second kappa shape index (κ2) is 6.16. The average Bonchev–Trinajstić information content (AvgIpc) is 2.97. The van der Waals surface area contributed by atoms with Crippen LogP contribution in [0, 0.1) is 0 Å². The molecule has 2 heterocycles. The van der Waals surface area contributed by atoms with Crippen molar-refractivity contribution in [2.75, 3.05) is 13.1 Å². The summed E-state index contributed by atoms with van der Waals surface area (Å²) >= 11 is 1.68. The number of thiophene rings is 1. The van der Waals surface area contributed by atoms with E-state index in [9.17, 15) is 4.79 Å². The van der Waals surface area contributed by atoms with Crippen molar-refractivity contribution < 1.29 is 4.79 Å². The molecule has 1 aromatic heterocycles. The van der Waals surface area contributed by atoms with E-state index in [2.05, 4.69) is 35.2 Å². The van der Waals surface area contributed by atoms with Gasteiger partial charge in [0.25, 0.3) is 0 Å². The zero-order chi connectivity index (χ0) is 13.8. The molecule has 102 valence electrons. The van der Waals surface area contributed by atoms with Crippen LogP contribution in [0.5, 0.6) is 0 Å². The van der Waals surface area contributed by atoms with Crippen molar-refractivity contribution in [1.29, 1.82) is 0 Å². The minimum absolute atomic E-state index is 0.294. The average molecular weight is 283 g/mol. The smallest absolute Gasteiger partial charge is 0.161 e. The molecular weight excluding hydrogens is 266 g/mol. The van der Waals surface area contributed by atoms with Crippen molar-refractivity contribution in [3.63, 3.8) is 0 Å². The highest BCUT2D eigenvalue weighted by molar-refractivity contribution is 7.10. The number of carbonyl (C=O) groups is 1. The fourth-order valence-corrected chi connectivity index (χ4v) is 3.16. The van der Waals surface area contributed by atoms with Crippen LogP contribution >= 0.6 is 11.3 Å². The predicted octanol–water partition coefficient (Wildman–Crippen LogP) is 3.61. The third-order valence-corrected chi connectivity index (χ3v) is 4.34. The minimum atomic E-state index is 0.294. The van der Waals surface area contributed by atoms with Crippen LogP contribution in [-0.4, -0.2) is 23.8 Å². The first-order chi connectivity index (χ1) is 9.81. The first-order valence-corrected chi connectivity index (χ1v) is 7.73. The van der Waals surface area contributed by atoms with Crippen LogP contribution < -0.4 is 0 Å². The Morgan fingerprint density at radius 2 is 2.00 bits per heavy atom. The van der Waals surface area contributed by atoms with E-state index in [-0.39, 0.29) is 0 Å². The molecule has 0 atom stereocenters. The molecule has 0 bridgehead atoms. The number of rotatable bonds is 3. The molecule has 1 aliphatic rings. The molecule has 0 N–H and O–H groups in total. The summed E-state index contributed by atoms with van der Waals surface area (Å²) in [6, 6.07) is 14.5. The van der Waals surface area contributed by atoms with Crippen LogP contribution in [0.25, 0.3) is 6.08 Å². The Morgan fingerprint density at radius 3 is 2.75 bits per heavy atom. The highest BCUT2D eigenvalue weighted by Gasteiger charge is 2.21. The monoisotopic (exact) mass is 283 g/mol. The second-order valence-electron chi connectivity index (χ2n) is 5.05. The van der Waals surface area contributed by atoms with Crippen LogP contribution in [0.15, 0.2) is 53.4 Å². The lowest BCUT2D eigenvalue weighted by molar-refractivity contribution is -0.117. The van der Waals surface area contributed by atoms with Crippen molar-refractivity contribution in [2.45, 2.75) is 13.0 Å². The number of likely N-dealkylation sites (tertiary alicyclic amines) is 1. The van der Waals surface area contributed by atoms with E-state index in [4.69, 9.17) is 0 Å². The molecular formula is C17H17NOS. The Hall–Kier alpha value is -1.71. The van der Waals surface area contributed by atoms with E-state index in [1.54, 1.807) is 11.3 Å². The van der Waals surface area contributed by atoms with E-state index in [1.807, 2.05) is 23.6 Å². The number of benzene rings is 1. The van der Waals surface area contributed by atoms with Crippen LogP contribution in [0.1, 0.15) is 16.9 Å². The molecule has 0 spiro atoms. The zero-order valence-electron chi connectivity index (χ0n) is 11.3. The molecule has 0 saturated carbocycles. The minimum Gasteiger partial charge on any atom is -0.294 e. The molecule has 0 aliphatic carbocycles. The summed E-state index contributed by atoms with van der Waals surface area (Å²) < 4.78 is 0. The Balaban J connectivity index is 1.72. The lowest BCUT2D eigenvalue weighted by Crippen LogP contribution is -2.35. The maximum absolute atomic E-state index is 12.0. The Morgan fingerprint density at radius 1 is 1.15 bits per heavy atom. The van der Waals surface area contributed by atoms with E-state index < -0.39 is 0 Å². The van der Waals surface area contributed by atoms with Gasteiger partial charge >= 0.3 is 0 Å². The summed E-state index contributed by atoms with van der Waals surface area (Å²) in [4.78, 5) is 15.5. The second-order valence-corrected chi connectivity index (χ2v) is 6.03. The van der Waals surface area contributed by atoms with E-state index in [0.29, 0.717) is 12.2 Å². The third-order valence-electron chi connectivity index (χ3n) is 3.52. The topological polar surface area (TPSA) is 20.3 Å². The molecule has 1 fully saturated rings. The van der Waals surface area contributed by atoms with Gasteiger partial charge in [-0.25, -0.2) is 0 Å². The van der Waals surface area contributed by atoms with Gasteiger partial charge in [0, 0.05) is 36.5 Å². The van der Waals surface area contributed by atoms with Gasteiger partial charge in [0.1, 0.15) is 0 Å². The van der Waals surface area contributed by atoms with Crippen molar-refractivity contribution in [2.24, 2.45) is 0 Å². The van der Waals surface area contributed by atoms with Crippen molar-refractivity contribution in [3.05, 3.63) is 63.9 Å². The fourth-order valence-electron chi connectivity index (χ4n) is 2.48. The lowest BCUT2D eigenvalue weighted by Gasteiger charge is -2.27. The maximum Gasteiger partial charge on any atom is 0.161 e. The Bertz CT molecular complexity index is 601. The predicted molar refractivity (Wildman–Crippen MR) is 83.6 cm³/mol. The molecule has 1 aliphatic heterocycles. The molecule has 2 aromatic rings. The van der Waals surface area contributed by atoms with Gasteiger partial charge in [-0.1, -0.05) is 36.4 Å².